The molecule has 0 fully saturated rings. The summed E-state index contributed by atoms with van der Waals surface area (Å²) in [6, 6.07) is 11.1. The summed E-state index contributed by atoms with van der Waals surface area (Å²) in [5.74, 6) is 0.570. The molecule has 3 heteroatoms. The van der Waals surface area contributed by atoms with E-state index in [1.54, 1.807) is 0 Å². The molecule has 0 spiro atoms. The highest BCUT2D eigenvalue weighted by Crippen LogP contribution is 2.27. The van der Waals surface area contributed by atoms with Gasteiger partial charge in [-0.2, -0.15) is 0 Å². The Bertz CT molecular complexity index is 573. The van der Waals surface area contributed by atoms with Crippen LogP contribution in [0.15, 0.2) is 42.7 Å². The fourth-order valence-corrected chi connectivity index (χ4v) is 2.37. The predicted octanol–water partition coefficient (Wildman–Crippen LogP) is 4.44. The lowest BCUT2D eigenvalue weighted by Crippen LogP contribution is -2.14. The highest BCUT2D eigenvalue weighted by atomic mass is 15.1. The maximum atomic E-state index is 4.22. The van der Waals surface area contributed by atoms with Crippen LogP contribution in [0.3, 0.4) is 0 Å². The number of nitrogens with zero attached hydrogens (tertiary/aromatic N) is 2. The number of pyridine rings is 1. The molecule has 21 heavy (non-hydrogen) atoms. The first-order chi connectivity index (χ1) is 9.99. The highest BCUT2D eigenvalue weighted by molar-refractivity contribution is 5.68. The number of hydrogen-bond donors (Lipinski definition) is 1. The molecule has 0 aliphatic carbocycles. The van der Waals surface area contributed by atoms with Gasteiger partial charge >= 0.3 is 0 Å². The number of hydrogen-bond acceptors (Lipinski definition) is 3. The van der Waals surface area contributed by atoms with E-state index >= 15 is 0 Å². The molecule has 1 unspecified atom stereocenters. The van der Waals surface area contributed by atoms with Crippen LogP contribution in [0, 0.1) is 0 Å². The van der Waals surface area contributed by atoms with Crippen LogP contribution in [0.5, 0.6) is 0 Å². The zero-order valence-electron chi connectivity index (χ0n) is 13.6. The Morgan fingerprint density at radius 1 is 0.952 bits per heavy atom. The van der Waals surface area contributed by atoms with Crippen LogP contribution in [-0.2, 0) is 0 Å². The quantitative estimate of drug-likeness (QED) is 0.879. The smallest absolute Gasteiger partial charge is 0.0768 e. The Labute approximate surface area is 128 Å². The van der Waals surface area contributed by atoms with Crippen molar-refractivity contribution in [1.82, 2.24) is 4.98 Å². The summed E-state index contributed by atoms with van der Waals surface area (Å²) in [6.07, 6.45) is 3.71. The van der Waals surface area contributed by atoms with E-state index in [0.29, 0.717) is 5.92 Å². The van der Waals surface area contributed by atoms with Gasteiger partial charge in [-0.25, -0.2) is 0 Å². The largest absolute Gasteiger partial charge is 0.376 e. The molecule has 0 saturated carbocycles. The molecule has 1 N–H and O–H groups in total. The van der Waals surface area contributed by atoms with Gasteiger partial charge in [-0.05, 0) is 30.0 Å². The van der Waals surface area contributed by atoms with Crippen molar-refractivity contribution >= 4 is 11.4 Å². The summed E-state index contributed by atoms with van der Waals surface area (Å²) in [6.45, 7) is 6.61. The van der Waals surface area contributed by atoms with Gasteiger partial charge in [0.05, 0.1) is 17.6 Å². The lowest BCUT2D eigenvalue weighted by molar-refractivity contribution is 0.851. The average molecular weight is 283 g/mol. The second kappa shape index (κ2) is 6.61. The van der Waals surface area contributed by atoms with E-state index in [0.717, 1.165) is 11.4 Å². The lowest BCUT2D eigenvalue weighted by Gasteiger charge is -2.22. The topological polar surface area (TPSA) is 28.2 Å². The third kappa shape index (κ3) is 3.75. The molecule has 1 aromatic carbocycles. The molecule has 0 bridgehead atoms. The van der Waals surface area contributed by atoms with E-state index < -0.39 is 0 Å². The number of aromatic nitrogens is 1. The minimum atomic E-state index is 0.245. The molecule has 112 valence electrons. The van der Waals surface area contributed by atoms with Crippen molar-refractivity contribution < 1.29 is 0 Å². The molecular weight excluding hydrogens is 258 g/mol. The number of anilines is 2. The predicted molar refractivity (Wildman–Crippen MR) is 91.1 cm³/mol. The molecule has 1 heterocycles. The van der Waals surface area contributed by atoms with E-state index in [4.69, 9.17) is 0 Å². The summed E-state index contributed by atoms with van der Waals surface area (Å²) in [5.41, 5.74) is 4.87. The van der Waals surface area contributed by atoms with E-state index in [-0.39, 0.29) is 6.04 Å². The second-order valence-electron chi connectivity index (χ2n) is 5.97. The molecule has 1 aromatic heterocycles. The molecule has 3 nitrogen and oxygen atoms in total. The van der Waals surface area contributed by atoms with Gasteiger partial charge in [0.25, 0.3) is 0 Å². The average Bonchev–Trinajstić information content (AvgIpc) is 2.47. The third-order valence-corrected chi connectivity index (χ3v) is 3.76. The van der Waals surface area contributed by atoms with Crippen LogP contribution >= 0.6 is 0 Å². The van der Waals surface area contributed by atoms with E-state index in [9.17, 15) is 0 Å². The van der Waals surface area contributed by atoms with Gasteiger partial charge in [-0.3, -0.25) is 4.98 Å². The van der Waals surface area contributed by atoms with Gasteiger partial charge < -0.3 is 10.2 Å². The van der Waals surface area contributed by atoms with Crippen LogP contribution in [0.2, 0.25) is 0 Å². The molecule has 0 amide bonds. The molecule has 0 saturated heterocycles. The van der Waals surface area contributed by atoms with E-state index in [2.05, 4.69) is 60.2 Å². The Balaban J connectivity index is 2.16. The zero-order chi connectivity index (χ0) is 15.4. The molecule has 0 radical (unpaired) electrons. The minimum Gasteiger partial charge on any atom is -0.376 e. The van der Waals surface area contributed by atoms with Crippen LogP contribution in [-0.4, -0.2) is 19.1 Å². The molecule has 1 atom stereocenters. The zero-order valence-corrected chi connectivity index (χ0v) is 13.6. The fraction of sp³-hybridized carbons (Fsp3) is 0.389. The minimum absolute atomic E-state index is 0.245. The van der Waals surface area contributed by atoms with Gasteiger partial charge in [-0.15, -0.1) is 0 Å². The summed E-state index contributed by atoms with van der Waals surface area (Å²) in [4.78, 5) is 6.32. The SMILES string of the molecule is CC(C)c1ccc(C(C)Nc2cnccc2N(C)C)cc1. The van der Waals surface area contributed by atoms with Gasteiger partial charge in [0, 0.05) is 26.3 Å². The summed E-state index contributed by atoms with van der Waals surface area (Å²) < 4.78 is 0. The monoisotopic (exact) mass is 283 g/mol. The lowest BCUT2D eigenvalue weighted by atomic mass is 9.99. The first kappa shape index (κ1) is 15.4. The van der Waals surface area contributed by atoms with E-state index in [1.165, 1.54) is 11.1 Å². The van der Waals surface area contributed by atoms with Crippen molar-refractivity contribution in [2.75, 3.05) is 24.3 Å². The van der Waals surface area contributed by atoms with Crippen molar-refractivity contribution in [3.05, 3.63) is 53.9 Å². The van der Waals surface area contributed by atoms with E-state index in [1.807, 2.05) is 32.6 Å². The van der Waals surface area contributed by atoms with Gasteiger partial charge in [0.1, 0.15) is 0 Å². The summed E-state index contributed by atoms with van der Waals surface area (Å²) in [5, 5.41) is 3.55. The van der Waals surface area contributed by atoms with Crippen molar-refractivity contribution in [3.63, 3.8) is 0 Å². The Morgan fingerprint density at radius 2 is 1.57 bits per heavy atom. The summed E-state index contributed by atoms with van der Waals surface area (Å²) in [7, 11) is 4.09. The second-order valence-corrected chi connectivity index (χ2v) is 5.97. The third-order valence-electron chi connectivity index (χ3n) is 3.76. The maximum absolute atomic E-state index is 4.22. The first-order valence-corrected chi connectivity index (χ1v) is 7.46. The number of nitrogens with one attached hydrogen (secondary N) is 1. The standard InChI is InChI=1S/C18H25N3/c1-13(2)15-6-8-16(9-7-15)14(3)20-17-12-19-11-10-18(17)21(4)5/h6-14,20H,1-5H3. The number of benzene rings is 1. The van der Waals surface area contributed by atoms with Crippen LogP contribution in [0.25, 0.3) is 0 Å². The van der Waals surface area contributed by atoms with Crippen LogP contribution in [0.4, 0.5) is 11.4 Å². The molecule has 0 aliphatic heterocycles. The summed E-state index contributed by atoms with van der Waals surface area (Å²) >= 11 is 0. The molecule has 2 aromatic rings. The van der Waals surface area contributed by atoms with Crippen molar-refractivity contribution in [3.8, 4) is 0 Å². The Kier molecular flexibility index (Phi) is 4.84. The highest BCUT2D eigenvalue weighted by Gasteiger charge is 2.10. The van der Waals surface area contributed by atoms with Crippen LogP contribution < -0.4 is 10.2 Å². The maximum Gasteiger partial charge on any atom is 0.0768 e. The van der Waals surface area contributed by atoms with Crippen molar-refractivity contribution in [1.29, 1.82) is 0 Å². The number of rotatable bonds is 5. The fourth-order valence-electron chi connectivity index (χ4n) is 2.37. The van der Waals surface area contributed by atoms with Gasteiger partial charge in [0.15, 0.2) is 0 Å². The van der Waals surface area contributed by atoms with Crippen LogP contribution in [0.1, 0.15) is 43.9 Å². The van der Waals surface area contributed by atoms with Crippen molar-refractivity contribution in [2.24, 2.45) is 0 Å². The normalized spacial score (nSPS) is 12.3. The Hall–Kier alpha value is -2.03. The molecular formula is C18H25N3. The van der Waals surface area contributed by atoms with Crippen molar-refractivity contribution in [2.45, 2.75) is 32.7 Å². The molecule has 2 rings (SSSR count). The molecule has 0 aliphatic rings. The van der Waals surface area contributed by atoms with Gasteiger partial charge in [0.2, 0.25) is 0 Å². The Morgan fingerprint density at radius 3 is 2.14 bits per heavy atom. The first-order valence-electron chi connectivity index (χ1n) is 7.46. The van der Waals surface area contributed by atoms with Gasteiger partial charge in [-0.1, -0.05) is 38.1 Å².